The van der Waals surface area contributed by atoms with Crippen LogP contribution in [0.4, 0.5) is 0 Å². The van der Waals surface area contributed by atoms with Crippen molar-refractivity contribution in [3.05, 3.63) is 6.54 Å². The Morgan fingerprint density at radius 3 is 2.88 bits per heavy atom. The van der Waals surface area contributed by atoms with Crippen LogP contribution in [0.3, 0.4) is 0 Å². The molecule has 1 N–H and O–H groups in total. The molecule has 8 heavy (non-hydrogen) atoms. The lowest BCUT2D eigenvalue weighted by molar-refractivity contribution is 0.677. The van der Waals surface area contributed by atoms with Gasteiger partial charge in [-0.2, -0.15) is 0 Å². The van der Waals surface area contributed by atoms with Gasteiger partial charge in [-0.05, 0) is 12.3 Å². The van der Waals surface area contributed by atoms with Crippen molar-refractivity contribution in [2.75, 3.05) is 0 Å². The zero-order chi connectivity index (χ0) is 5.98. The maximum atomic E-state index is 5.16. The predicted molar refractivity (Wildman–Crippen MR) is 33.8 cm³/mol. The molecule has 0 aliphatic carbocycles. The van der Waals surface area contributed by atoms with Crippen LogP contribution in [0, 0.1) is 24.8 Å². The Bertz CT molecular complexity index is 112. The summed E-state index contributed by atoms with van der Waals surface area (Å²) in [5.74, 6) is 3.30. The van der Waals surface area contributed by atoms with E-state index in [-0.39, 0.29) is 0 Å². The first kappa shape index (κ1) is 5.65. The average Bonchev–Trinajstić information content (AvgIpc) is 2.14. The summed E-state index contributed by atoms with van der Waals surface area (Å²) in [4.78, 5) is 0. The predicted octanol–water partition coefficient (Wildman–Crippen LogP) is 0.779. The van der Waals surface area contributed by atoms with Crippen LogP contribution in [0.2, 0.25) is 0 Å². The molecule has 1 heterocycles. The highest BCUT2D eigenvalue weighted by Crippen LogP contribution is 2.14. The summed E-state index contributed by atoms with van der Waals surface area (Å²) in [6.45, 7) is 4.22. The van der Waals surface area contributed by atoms with Crippen molar-refractivity contribution < 1.29 is 0 Å². The summed E-state index contributed by atoms with van der Waals surface area (Å²) in [6.07, 6.45) is 6.26. The normalized spacial score (nSPS) is 37.0. The Hall–Kier alpha value is -0.480. The molecule has 43 valence electrons. The van der Waals surface area contributed by atoms with Crippen LogP contribution in [-0.2, 0) is 0 Å². The Morgan fingerprint density at radius 2 is 2.62 bits per heavy atom. The van der Waals surface area contributed by atoms with Crippen molar-refractivity contribution in [1.82, 2.24) is 5.32 Å². The van der Waals surface area contributed by atoms with Gasteiger partial charge in [0.15, 0.2) is 0 Å². The third-order valence-electron chi connectivity index (χ3n) is 1.39. The second kappa shape index (κ2) is 2.19. The third kappa shape index (κ3) is 1.02. The fourth-order valence-electron chi connectivity index (χ4n) is 0.904. The smallest absolute Gasteiger partial charge is 0.0692 e. The zero-order valence-electron chi connectivity index (χ0n) is 5.02. The van der Waals surface area contributed by atoms with E-state index >= 15 is 0 Å². The van der Waals surface area contributed by atoms with Gasteiger partial charge in [-0.3, -0.25) is 5.32 Å². The molecule has 0 saturated carbocycles. The molecule has 1 fully saturated rings. The van der Waals surface area contributed by atoms with E-state index in [0.29, 0.717) is 12.0 Å². The van der Waals surface area contributed by atoms with Gasteiger partial charge in [0, 0.05) is 6.54 Å². The topological polar surface area (TPSA) is 12.0 Å². The van der Waals surface area contributed by atoms with Crippen molar-refractivity contribution in [2.45, 2.75) is 19.4 Å². The summed E-state index contributed by atoms with van der Waals surface area (Å²) in [5.41, 5.74) is 0. The monoisotopic (exact) mass is 108 g/mol. The lowest BCUT2D eigenvalue weighted by Crippen LogP contribution is -2.15. The molecule has 1 nitrogen and oxygen atoms in total. The maximum Gasteiger partial charge on any atom is 0.0692 e. The molecular formula is C7H10N. The van der Waals surface area contributed by atoms with Crippen LogP contribution in [0.25, 0.3) is 0 Å². The van der Waals surface area contributed by atoms with Crippen molar-refractivity contribution in [2.24, 2.45) is 5.92 Å². The summed E-state index contributed by atoms with van der Waals surface area (Å²) >= 11 is 0. The zero-order valence-corrected chi connectivity index (χ0v) is 5.02. The number of terminal acetylenes is 1. The number of nitrogens with one attached hydrogen (secondary N) is 1. The van der Waals surface area contributed by atoms with Crippen molar-refractivity contribution in [3.63, 3.8) is 0 Å². The lowest BCUT2D eigenvalue weighted by atomic mass is 10.1. The number of hydrogen-bond donors (Lipinski definition) is 1. The largest absolute Gasteiger partial charge is 0.299 e. The van der Waals surface area contributed by atoms with Gasteiger partial charge in [0.05, 0.1) is 6.04 Å². The van der Waals surface area contributed by atoms with Gasteiger partial charge in [-0.25, -0.2) is 0 Å². The molecule has 1 radical (unpaired) electrons. The molecule has 1 heteroatoms. The highest BCUT2D eigenvalue weighted by Gasteiger charge is 2.17. The van der Waals surface area contributed by atoms with E-state index in [1.165, 1.54) is 0 Å². The number of hydrogen-bond acceptors (Lipinski definition) is 1. The first-order valence-corrected chi connectivity index (χ1v) is 2.88. The van der Waals surface area contributed by atoms with Gasteiger partial charge >= 0.3 is 0 Å². The summed E-state index contributed by atoms with van der Waals surface area (Å²) in [6, 6.07) is 0.296. The molecule has 0 amide bonds. The highest BCUT2D eigenvalue weighted by atomic mass is 14.9. The minimum absolute atomic E-state index is 0.296. The van der Waals surface area contributed by atoms with Gasteiger partial charge in [0.1, 0.15) is 0 Å². The third-order valence-corrected chi connectivity index (χ3v) is 1.39. The van der Waals surface area contributed by atoms with Gasteiger partial charge in [0.25, 0.3) is 0 Å². The van der Waals surface area contributed by atoms with E-state index in [1.54, 1.807) is 0 Å². The van der Waals surface area contributed by atoms with Crippen LogP contribution in [-0.4, -0.2) is 6.04 Å². The molecule has 0 aromatic rings. The average molecular weight is 108 g/mol. The van der Waals surface area contributed by atoms with Gasteiger partial charge in [-0.1, -0.05) is 12.8 Å². The maximum absolute atomic E-state index is 5.16. The van der Waals surface area contributed by atoms with Crippen LogP contribution < -0.4 is 5.32 Å². The Balaban J connectivity index is 2.35. The Morgan fingerprint density at radius 1 is 1.88 bits per heavy atom. The second-order valence-corrected chi connectivity index (χ2v) is 2.27. The summed E-state index contributed by atoms with van der Waals surface area (Å²) < 4.78 is 0. The SMILES string of the molecule is C#CC1CC(C)[CH]N1. The lowest BCUT2D eigenvalue weighted by Gasteiger charge is -1.95. The van der Waals surface area contributed by atoms with Crippen LogP contribution in [0.15, 0.2) is 0 Å². The summed E-state index contributed by atoms with van der Waals surface area (Å²) in [7, 11) is 0. The Kier molecular flexibility index (Phi) is 1.55. The van der Waals surface area contributed by atoms with Crippen molar-refractivity contribution >= 4 is 0 Å². The molecule has 1 saturated heterocycles. The molecule has 2 unspecified atom stereocenters. The molecule has 0 spiro atoms. The Labute approximate surface area is 50.5 Å². The van der Waals surface area contributed by atoms with E-state index < -0.39 is 0 Å². The molecule has 2 atom stereocenters. The minimum atomic E-state index is 0.296. The van der Waals surface area contributed by atoms with Crippen LogP contribution >= 0.6 is 0 Å². The molecule has 1 rings (SSSR count). The van der Waals surface area contributed by atoms with Crippen LogP contribution in [0.1, 0.15) is 13.3 Å². The van der Waals surface area contributed by atoms with Gasteiger partial charge in [-0.15, -0.1) is 6.42 Å². The number of rotatable bonds is 0. The van der Waals surface area contributed by atoms with Gasteiger partial charge in [0.2, 0.25) is 0 Å². The highest BCUT2D eigenvalue weighted by molar-refractivity contribution is 5.05. The molecule has 1 aliphatic rings. The molecule has 0 bridgehead atoms. The molecular weight excluding hydrogens is 98.1 g/mol. The minimum Gasteiger partial charge on any atom is -0.299 e. The van der Waals surface area contributed by atoms with Crippen molar-refractivity contribution in [1.29, 1.82) is 0 Å². The quantitative estimate of drug-likeness (QED) is 0.452. The molecule has 0 aromatic heterocycles. The van der Waals surface area contributed by atoms with Crippen LogP contribution in [0.5, 0.6) is 0 Å². The van der Waals surface area contributed by atoms with E-state index in [9.17, 15) is 0 Å². The van der Waals surface area contributed by atoms with E-state index in [1.807, 2.05) is 0 Å². The first-order valence-electron chi connectivity index (χ1n) is 2.88. The standard InChI is InChI=1S/C7H10N/c1-3-7-4-6(2)5-8-7/h1,5-8H,4H2,2H3. The molecule has 1 aliphatic heterocycles. The van der Waals surface area contributed by atoms with E-state index in [0.717, 1.165) is 6.42 Å². The second-order valence-electron chi connectivity index (χ2n) is 2.27. The molecule has 0 aromatic carbocycles. The fourth-order valence-corrected chi connectivity index (χ4v) is 0.904. The summed E-state index contributed by atoms with van der Waals surface area (Å²) in [5, 5.41) is 3.09. The van der Waals surface area contributed by atoms with Crippen molar-refractivity contribution in [3.8, 4) is 12.3 Å². The van der Waals surface area contributed by atoms with E-state index in [2.05, 4.69) is 24.7 Å². The first-order chi connectivity index (χ1) is 3.83. The van der Waals surface area contributed by atoms with Gasteiger partial charge < -0.3 is 0 Å². The van der Waals surface area contributed by atoms with E-state index in [4.69, 9.17) is 6.42 Å². The fraction of sp³-hybridized carbons (Fsp3) is 0.571.